The molecule has 0 aliphatic rings. The fraction of sp³-hybridized carbons (Fsp3) is 0.0588. The maximum atomic E-state index is 11.0. The van der Waals surface area contributed by atoms with Crippen molar-refractivity contribution in [3.8, 4) is 0 Å². The maximum Gasteiger partial charge on any atom is 0.337 e. The summed E-state index contributed by atoms with van der Waals surface area (Å²) in [5.74, 6) is -1.09. The molecule has 0 aliphatic carbocycles. The van der Waals surface area contributed by atoms with Crippen LogP contribution < -0.4 is 5.32 Å². The van der Waals surface area contributed by atoms with Gasteiger partial charge in [0.2, 0.25) is 0 Å². The van der Waals surface area contributed by atoms with Crippen LogP contribution >= 0.6 is 0 Å². The molecule has 0 spiro atoms. The smallest absolute Gasteiger partial charge is 0.337 e. The molecular formula is C17H17N3O3. The van der Waals surface area contributed by atoms with Gasteiger partial charge in [0.25, 0.3) is 5.91 Å². The number of carbonyl (C=O) groups excluding carboxylic acids is 1. The van der Waals surface area contributed by atoms with E-state index in [0.717, 1.165) is 5.69 Å². The topological polar surface area (TPSA) is 92.2 Å². The highest BCUT2D eigenvalue weighted by Crippen LogP contribution is 2.01. The Kier molecular flexibility index (Phi) is 6.87. The van der Waals surface area contributed by atoms with E-state index < -0.39 is 5.97 Å². The molecule has 2 rings (SSSR count). The summed E-state index contributed by atoms with van der Waals surface area (Å²) < 4.78 is 0. The highest BCUT2D eigenvalue weighted by molar-refractivity contribution is 5.93. The normalized spacial score (nSPS) is 9.09. The summed E-state index contributed by atoms with van der Waals surface area (Å²) >= 11 is 0. The fourth-order valence-electron chi connectivity index (χ4n) is 1.46. The van der Waals surface area contributed by atoms with Gasteiger partial charge in [-0.05, 0) is 36.4 Å². The number of hydrogen-bond acceptors (Lipinski definition) is 4. The molecule has 0 atom stereocenters. The van der Waals surface area contributed by atoms with Gasteiger partial charge in [-0.2, -0.15) is 0 Å². The summed E-state index contributed by atoms with van der Waals surface area (Å²) in [6, 6.07) is 6.56. The van der Waals surface area contributed by atoms with Crippen LogP contribution in [0.3, 0.4) is 0 Å². The van der Waals surface area contributed by atoms with Crippen LogP contribution in [0.15, 0.2) is 49.8 Å². The Labute approximate surface area is 134 Å². The van der Waals surface area contributed by atoms with E-state index in [0.29, 0.717) is 11.3 Å². The number of nitrogens with zero attached hydrogens (tertiary/aromatic N) is 2. The molecule has 0 unspecified atom stereocenters. The Hall–Kier alpha value is -3.28. The van der Waals surface area contributed by atoms with Crippen LogP contribution in [-0.2, 0) is 0 Å². The van der Waals surface area contributed by atoms with E-state index in [1.54, 1.807) is 37.4 Å². The minimum absolute atomic E-state index is 0.127. The van der Waals surface area contributed by atoms with E-state index in [4.69, 9.17) is 5.11 Å². The van der Waals surface area contributed by atoms with E-state index >= 15 is 0 Å². The van der Waals surface area contributed by atoms with Crippen LogP contribution in [0.25, 0.3) is 12.2 Å². The first-order chi connectivity index (χ1) is 11.0. The van der Waals surface area contributed by atoms with Crippen molar-refractivity contribution in [3.05, 3.63) is 72.3 Å². The van der Waals surface area contributed by atoms with Crippen LogP contribution in [-0.4, -0.2) is 34.0 Å². The minimum atomic E-state index is -0.965. The van der Waals surface area contributed by atoms with E-state index in [1.165, 1.54) is 18.5 Å². The van der Waals surface area contributed by atoms with Crippen LogP contribution in [0.4, 0.5) is 0 Å². The van der Waals surface area contributed by atoms with Crippen LogP contribution in [0.1, 0.15) is 32.1 Å². The largest absolute Gasteiger partial charge is 0.478 e. The molecular weight excluding hydrogens is 294 g/mol. The second-order valence-corrected chi connectivity index (χ2v) is 4.24. The van der Waals surface area contributed by atoms with Gasteiger partial charge in [-0.25, -0.2) is 4.79 Å². The van der Waals surface area contributed by atoms with Gasteiger partial charge in [0.1, 0.15) is 0 Å². The number of aromatic nitrogens is 2. The van der Waals surface area contributed by atoms with Gasteiger partial charge >= 0.3 is 5.97 Å². The zero-order chi connectivity index (χ0) is 17.2. The number of carboxylic acids is 1. The molecule has 0 saturated heterocycles. The van der Waals surface area contributed by atoms with Gasteiger partial charge in [-0.15, -0.1) is 0 Å². The molecule has 2 aromatic heterocycles. The summed E-state index contributed by atoms with van der Waals surface area (Å²) in [4.78, 5) is 29.2. The Morgan fingerprint density at radius 3 is 1.78 bits per heavy atom. The number of pyridine rings is 2. The second kappa shape index (κ2) is 8.89. The predicted octanol–water partition coefficient (Wildman–Crippen LogP) is 2.51. The summed E-state index contributed by atoms with van der Waals surface area (Å²) in [5.41, 5.74) is 2.19. The predicted molar refractivity (Wildman–Crippen MR) is 89.0 cm³/mol. The molecule has 2 aromatic rings. The van der Waals surface area contributed by atoms with Crippen molar-refractivity contribution >= 4 is 24.0 Å². The van der Waals surface area contributed by atoms with Gasteiger partial charge < -0.3 is 10.4 Å². The lowest BCUT2D eigenvalue weighted by Gasteiger charge is -1.98. The van der Waals surface area contributed by atoms with Gasteiger partial charge in [0.15, 0.2) is 0 Å². The number of carboxylic acid groups (broad SMARTS) is 1. The Balaban J connectivity index is 0.000000231. The summed E-state index contributed by atoms with van der Waals surface area (Å²) in [5, 5.41) is 11.0. The second-order valence-electron chi connectivity index (χ2n) is 4.24. The van der Waals surface area contributed by atoms with Crippen molar-refractivity contribution in [1.29, 1.82) is 0 Å². The van der Waals surface area contributed by atoms with Gasteiger partial charge in [-0.1, -0.05) is 13.2 Å². The zero-order valence-corrected chi connectivity index (χ0v) is 12.7. The molecule has 6 nitrogen and oxygen atoms in total. The summed E-state index contributed by atoms with van der Waals surface area (Å²) in [6.07, 6.45) is 6.02. The van der Waals surface area contributed by atoms with Crippen molar-refractivity contribution in [2.45, 2.75) is 0 Å². The number of nitrogens with one attached hydrogen (secondary N) is 1. The van der Waals surface area contributed by atoms with E-state index in [-0.39, 0.29) is 11.5 Å². The lowest BCUT2D eigenvalue weighted by molar-refractivity contribution is 0.0696. The molecule has 6 heteroatoms. The van der Waals surface area contributed by atoms with Crippen LogP contribution in [0.2, 0.25) is 0 Å². The quantitative estimate of drug-likeness (QED) is 0.905. The molecule has 118 valence electrons. The minimum Gasteiger partial charge on any atom is -0.478 e. The van der Waals surface area contributed by atoms with Crippen LogP contribution in [0.5, 0.6) is 0 Å². The van der Waals surface area contributed by atoms with Gasteiger partial charge in [0.05, 0.1) is 22.5 Å². The average molecular weight is 311 g/mol. The summed E-state index contributed by atoms with van der Waals surface area (Å²) in [7, 11) is 1.59. The third kappa shape index (κ3) is 5.55. The molecule has 0 aliphatic heterocycles. The van der Waals surface area contributed by atoms with Crippen molar-refractivity contribution < 1.29 is 14.7 Å². The number of amides is 1. The SMILES string of the molecule is C=Cc1ccc(C(=O)NC)cn1.C=Cc1ccc(C(=O)O)cn1. The van der Waals surface area contributed by atoms with Crippen molar-refractivity contribution in [2.75, 3.05) is 7.05 Å². The van der Waals surface area contributed by atoms with Crippen molar-refractivity contribution in [3.63, 3.8) is 0 Å². The number of hydrogen-bond donors (Lipinski definition) is 2. The van der Waals surface area contributed by atoms with E-state index in [1.807, 2.05) is 0 Å². The fourth-order valence-corrected chi connectivity index (χ4v) is 1.46. The molecule has 0 fully saturated rings. The Bertz CT molecular complexity index is 692. The van der Waals surface area contributed by atoms with E-state index in [2.05, 4.69) is 28.4 Å². The number of carbonyl (C=O) groups is 2. The Morgan fingerprint density at radius 2 is 1.48 bits per heavy atom. The molecule has 0 radical (unpaired) electrons. The molecule has 0 saturated carbocycles. The monoisotopic (exact) mass is 311 g/mol. The average Bonchev–Trinajstić information content (AvgIpc) is 2.61. The number of rotatable bonds is 4. The lowest BCUT2D eigenvalue weighted by Crippen LogP contribution is -2.17. The van der Waals surface area contributed by atoms with E-state index in [9.17, 15) is 9.59 Å². The molecule has 0 aromatic carbocycles. The van der Waals surface area contributed by atoms with Gasteiger partial charge in [0, 0.05) is 19.4 Å². The molecule has 2 N–H and O–H groups in total. The third-order valence-electron chi connectivity index (χ3n) is 2.73. The number of aromatic carboxylic acids is 1. The standard InChI is InChI=1S/C9H10N2O.C8H7NO2/c1-3-8-5-4-7(6-11-8)9(12)10-2;1-2-7-4-3-6(5-9-7)8(10)11/h3-6H,1H2,2H3,(H,10,12);2-5H,1H2,(H,10,11). The maximum absolute atomic E-state index is 11.0. The van der Waals surface area contributed by atoms with Crippen molar-refractivity contribution in [2.24, 2.45) is 0 Å². The highest BCUT2D eigenvalue weighted by atomic mass is 16.4. The zero-order valence-electron chi connectivity index (χ0n) is 12.7. The van der Waals surface area contributed by atoms with Gasteiger partial charge in [-0.3, -0.25) is 14.8 Å². The molecule has 0 bridgehead atoms. The molecule has 23 heavy (non-hydrogen) atoms. The Morgan fingerprint density at radius 1 is 1.00 bits per heavy atom. The van der Waals surface area contributed by atoms with Crippen molar-refractivity contribution in [1.82, 2.24) is 15.3 Å². The first-order valence-corrected chi connectivity index (χ1v) is 6.64. The lowest BCUT2D eigenvalue weighted by atomic mass is 10.2. The first-order valence-electron chi connectivity index (χ1n) is 6.64. The molecule has 1 amide bonds. The molecule has 2 heterocycles. The first kappa shape index (κ1) is 17.8. The van der Waals surface area contributed by atoms with Crippen LogP contribution in [0, 0.1) is 0 Å². The summed E-state index contributed by atoms with van der Waals surface area (Å²) in [6.45, 7) is 7.06. The highest BCUT2D eigenvalue weighted by Gasteiger charge is 2.01. The third-order valence-corrected chi connectivity index (χ3v) is 2.73.